The number of ether oxygens (including phenoxy) is 1. The van der Waals surface area contributed by atoms with E-state index in [-0.39, 0.29) is 0 Å². The molecule has 1 aliphatic heterocycles. The Morgan fingerprint density at radius 1 is 1.41 bits per heavy atom. The summed E-state index contributed by atoms with van der Waals surface area (Å²) < 4.78 is 5.31. The summed E-state index contributed by atoms with van der Waals surface area (Å²) in [6.45, 7) is 3.22. The maximum atomic E-state index is 10.9. The van der Waals surface area contributed by atoms with Gasteiger partial charge in [0.2, 0.25) is 0 Å². The second kappa shape index (κ2) is 4.18. The third kappa shape index (κ3) is 1.78. The van der Waals surface area contributed by atoms with Crippen LogP contribution in [0.1, 0.15) is 10.4 Å². The van der Waals surface area contributed by atoms with Gasteiger partial charge in [0.05, 0.1) is 25.1 Å². The Morgan fingerprint density at radius 3 is 3.00 bits per heavy atom. The van der Waals surface area contributed by atoms with Crippen LogP contribution in [0.25, 0.3) is 11.0 Å². The summed E-state index contributed by atoms with van der Waals surface area (Å²) in [6.07, 6.45) is 4.37. The number of aldehydes is 1. The minimum atomic E-state index is 0.655. The van der Waals surface area contributed by atoms with Gasteiger partial charge in [-0.25, -0.2) is 4.98 Å². The van der Waals surface area contributed by atoms with E-state index in [9.17, 15) is 4.79 Å². The molecule has 5 heteroatoms. The Morgan fingerprint density at radius 2 is 2.24 bits per heavy atom. The molecular weight excluding hydrogens is 218 g/mol. The number of anilines is 1. The van der Waals surface area contributed by atoms with Crippen molar-refractivity contribution in [3.05, 3.63) is 24.0 Å². The molecule has 0 amide bonds. The lowest BCUT2D eigenvalue weighted by molar-refractivity contribution is 0.112. The predicted octanol–water partition coefficient (Wildman–Crippen LogP) is 1.21. The number of aromatic nitrogens is 2. The van der Waals surface area contributed by atoms with Crippen molar-refractivity contribution in [1.82, 2.24) is 9.97 Å². The Hall–Kier alpha value is -1.88. The van der Waals surface area contributed by atoms with E-state index in [1.807, 2.05) is 12.3 Å². The first kappa shape index (κ1) is 10.3. The highest BCUT2D eigenvalue weighted by atomic mass is 16.5. The number of nitrogens with zero attached hydrogens (tertiary/aromatic N) is 2. The molecule has 3 heterocycles. The number of morpholine rings is 1. The highest BCUT2D eigenvalue weighted by Crippen LogP contribution is 2.22. The van der Waals surface area contributed by atoms with Crippen molar-refractivity contribution in [3.8, 4) is 0 Å². The number of carbonyl (C=O) groups is 1. The summed E-state index contributed by atoms with van der Waals surface area (Å²) in [4.78, 5) is 20.4. The van der Waals surface area contributed by atoms with E-state index in [0.717, 1.165) is 49.3 Å². The molecule has 1 N–H and O–H groups in total. The van der Waals surface area contributed by atoms with Crippen LogP contribution in [0.4, 0.5) is 5.69 Å². The number of hydrogen-bond donors (Lipinski definition) is 1. The highest BCUT2D eigenvalue weighted by molar-refractivity contribution is 5.96. The second-order valence-electron chi connectivity index (χ2n) is 4.05. The maximum absolute atomic E-state index is 10.9. The number of fused-ring (bicyclic) bond motifs is 1. The van der Waals surface area contributed by atoms with Gasteiger partial charge >= 0.3 is 0 Å². The Kier molecular flexibility index (Phi) is 2.53. The summed E-state index contributed by atoms with van der Waals surface area (Å²) in [7, 11) is 0. The zero-order valence-electron chi connectivity index (χ0n) is 9.35. The Balaban J connectivity index is 2.01. The van der Waals surface area contributed by atoms with Gasteiger partial charge in [-0.3, -0.25) is 4.79 Å². The van der Waals surface area contributed by atoms with Gasteiger partial charge in [0.15, 0.2) is 6.29 Å². The van der Waals surface area contributed by atoms with Gasteiger partial charge in [-0.15, -0.1) is 0 Å². The first-order valence-corrected chi connectivity index (χ1v) is 5.63. The van der Waals surface area contributed by atoms with Gasteiger partial charge in [-0.05, 0) is 6.07 Å². The summed E-state index contributed by atoms with van der Waals surface area (Å²) in [6, 6.07) is 2.01. The molecular formula is C12H13N3O2. The average Bonchev–Trinajstić information content (AvgIpc) is 2.81. The molecule has 0 aromatic carbocycles. The van der Waals surface area contributed by atoms with Crippen LogP contribution in [0.15, 0.2) is 18.5 Å². The van der Waals surface area contributed by atoms with E-state index in [2.05, 4.69) is 14.9 Å². The number of hydrogen-bond acceptors (Lipinski definition) is 4. The molecule has 1 fully saturated rings. The minimum absolute atomic E-state index is 0.655. The predicted molar refractivity (Wildman–Crippen MR) is 64.5 cm³/mol. The van der Waals surface area contributed by atoms with E-state index in [0.29, 0.717) is 5.56 Å². The fourth-order valence-corrected chi connectivity index (χ4v) is 2.10. The SMILES string of the molecule is O=Cc1c[nH]c2ncc(N3CCOCC3)cc12. The van der Waals surface area contributed by atoms with Crippen LogP contribution in [0, 0.1) is 0 Å². The van der Waals surface area contributed by atoms with Gasteiger partial charge in [0.1, 0.15) is 5.65 Å². The van der Waals surface area contributed by atoms with Crippen LogP contribution in [-0.4, -0.2) is 42.6 Å². The van der Waals surface area contributed by atoms with Crippen molar-refractivity contribution in [3.63, 3.8) is 0 Å². The molecule has 2 aromatic rings. The van der Waals surface area contributed by atoms with Crippen molar-refractivity contribution < 1.29 is 9.53 Å². The number of rotatable bonds is 2. The first-order valence-electron chi connectivity index (χ1n) is 5.63. The van der Waals surface area contributed by atoms with E-state index >= 15 is 0 Å². The lowest BCUT2D eigenvalue weighted by Gasteiger charge is -2.28. The highest BCUT2D eigenvalue weighted by Gasteiger charge is 2.13. The standard InChI is InChI=1S/C12H13N3O2/c16-8-9-6-13-12-11(9)5-10(7-14-12)15-1-3-17-4-2-15/h5-8H,1-4H2,(H,13,14). The molecule has 0 spiro atoms. The molecule has 88 valence electrons. The fraction of sp³-hybridized carbons (Fsp3) is 0.333. The zero-order chi connectivity index (χ0) is 11.7. The summed E-state index contributed by atoms with van der Waals surface area (Å²) >= 11 is 0. The van der Waals surface area contributed by atoms with Crippen molar-refractivity contribution in [1.29, 1.82) is 0 Å². The Labute approximate surface area is 98.4 Å². The van der Waals surface area contributed by atoms with E-state index in [1.165, 1.54) is 0 Å². The topological polar surface area (TPSA) is 58.2 Å². The molecule has 5 nitrogen and oxygen atoms in total. The zero-order valence-corrected chi connectivity index (χ0v) is 9.35. The quantitative estimate of drug-likeness (QED) is 0.789. The molecule has 2 aromatic heterocycles. The van der Waals surface area contributed by atoms with E-state index < -0.39 is 0 Å². The third-order valence-corrected chi connectivity index (χ3v) is 3.05. The van der Waals surface area contributed by atoms with Crippen molar-refractivity contribution in [2.24, 2.45) is 0 Å². The lowest BCUT2D eigenvalue weighted by Crippen LogP contribution is -2.36. The number of nitrogens with one attached hydrogen (secondary N) is 1. The van der Waals surface area contributed by atoms with E-state index in [1.54, 1.807) is 6.20 Å². The molecule has 0 atom stereocenters. The average molecular weight is 231 g/mol. The maximum Gasteiger partial charge on any atom is 0.152 e. The van der Waals surface area contributed by atoms with Crippen LogP contribution in [0.2, 0.25) is 0 Å². The summed E-state index contributed by atoms with van der Waals surface area (Å²) in [5.74, 6) is 0. The third-order valence-electron chi connectivity index (χ3n) is 3.05. The van der Waals surface area contributed by atoms with E-state index in [4.69, 9.17) is 4.74 Å². The molecule has 1 saturated heterocycles. The van der Waals surface area contributed by atoms with Gasteiger partial charge in [-0.2, -0.15) is 0 Å². The smallest absolute Gasteiger partial charge is 0.152 e. The van der Waals surface area contributed by atoms with Crippen LogP contribution < -0.4 is 4.90 Å². The van der Waals surface area contributed by atoms with Crippen LogP contribution in [-0.2, 0) is 4.74 Å². The minimum Gasteiger partial charge on any atom is -0.378 e. The Bertz CT molecular complexity index is 544. The second-order valence-corrected chi connectivity index (χ2v) is 4.05. The van der Waals surface area contributed by atoms with Crippen LogP contribution in [0.5, 0.6) is 0 Å². The van der Waals surface area contributed by atoms with Gasteiger partial charge in [0, 0.05) is 30.2 Å². The van der Waals surface area contributed by atoms with Crippen LogP contribution >= 0.6 is 0 Å². The van der Waals surface area contributed by atoms with Crippen molar-refractivity contribution in [2.75, 3.05) is 31.2 Å². The van der Waals surface area contributed by atoms with Gasteiger partial charge in [0.25, 0.3) is 0 Å². The number of carbonyl (C=O) groups excluding carboxylic acids is 1. The molecule has 17 heavy (non-hydrogen) atoms. The van der Waals surface area contributed by atoms with Crippen molar-refractivity contribution >= 4 is 23.0 Å². The molecule has 0 unspecified atom stereocenters. The molecule has 0 bridgehead atoms. The molecule has 0 radical (unpaired) electrons. The van der Waals surface area contributed by atoms with Gasteiger partial charge in [-0.1, -0.05) is 0 Å². The van der Waals surface area contributed by atoms with Gasteiger partial charge < -0.3 is 14.6 Å². The lowest BCUT2D eigenvalue weighted by atomic mass is 10.2. The molecule has 3 rings (SSSR count). The number of aromatic amines is 1. The normalized spacial score (nSPS) is 16.4. The fourth-order valence-electron chi connectivity index (χ4n) is 2.10. The largest absolute Gasteiger partial charge is 0.378 e. The van der Waals surface area contributed by atoms with Crippen LogP contribution in [0.3, 0.4) is 0 Å². The first-order chi connectivity index (χ1) is 8.38. The summed E-state index contributed by atoms with van der Waals surface area (Å²) in [5, 5.41) is 0.879. The molecule has 0 saturated carbocycles. The molecule has 1 aliphatic rings. The monoisotopic (exact) mass is 231 g/mol. The van der Waals surface area contributed by atoms with Crippen molar-refractivity contribution in [2.45, 2.75) is 0 Å². The number of H-pyrrole nitrogens is 1. The summed E-state index contributed by atoms with van der Waals surface area (Å²) in [5.41, 5.74) is 2.45. The molecule has 0 aliphatic carbocycles. The number of pyridine rings is 1.